The van der Waals surface area contributed by atoms with Crippen LogP contribution in [0.1, 0.15) is 44.2 Å². The SMILES string of the molecule is CCNC(CN1CCOC2CCCCC21)c1ccccc1. The maximum absolute atomic E-state index is 6.00. The van der Waals surface area contributed by atoms with Crippen molar-refractivity contribution in [3.63, 3.8) is 0 Å². The predicted molar refractivity (Wildman–Crippen MR) is 86.4 cm³/mol. The van der Waals surface area contributed by atoms with E-state index >= 15 is 0 Å². The summed E-state index contributed by atoms with van der Waals surface area (Å²) in [5, 5.41) is 3.66. The van der Waals surface area contributed by atoms with Crippen LogP contribution in [0, 0.1) is 0 Å². The molecule has 0 bridgehead atoms. The topological polar surface area (TPSA) is 24.5 Å². The lowest BCUT2D eigenvalue weighted by atomic mass is 9.89. The van der Waals surface area contributed by atoms with E-state index in [0.717, 1.165) is 26.2 Å². The van der Waals surface area contributed by atoms with E-state index in [4.69, 9.17) is 4.74 Å². The summed E-state index contributed by atoms with van der Waals surface area (Å²) >= 11 is 0. The van der Waals surface area contributed by atoms with Crippen LogP contribution in [-0.4, -0.2) is 43.3 Å². The van der Waals surface area contributed by atoms with Crippen molar-refractivity contribution >= 4 is 0 Å². The van der Waals surface area contributed by atoms with Gasteiger partial charge in [-0.05, 0) is 24.9 Å². The third-order valence-electron chi connectivity index (χ3n) is 4.92. The van der Waals surface area contributed by atoms with Crippen LogP contribution < -0.4 is 5.32 Å². The van der Waals surface area contributed by atoms with Crippen molar-refractivity contribution in [2.24, 2.45) is 0 Å². The van der Waals surface area contributed by atoms with Crippen molar-refractivity contribution in [1.29, 1.82) is 0 Å². The van der Waals surface area contributed by atoms with Gasteiger partial charge in [-0.3, -0.25) is 4.90 Å². The van der Waals surface area contributed by atoms with Gasteiger partial charge >= 0.3 is 0 Å². The molecule has 0 radical (unpaired) electrons. The Bertz CT molecular complexity index is 420. The molecule has 3 unspecified atom stereocenters. The van der Waals surface area contributed by atoms with Gasteiger partial charge in [0.1, 0.15) is 0 Å². The van der Waals surface area contributed by atoms with Crippen molar-refractivity contribution in [2.45, 2.75) is 50.8 Å². The molecule has 1 saturated carbocycles. The Morgan fingerprint density at radius 1 is 1.24 bits per heavy atom. The zero-order valence-corrected chi connectivity index (χ0v) is 13.1. The Kier molecular flexibility index (Phi) is 5.28. The number of hydrogen-bond acceptors (Lipinski definition) is 3. The van der Waals surface area contributed by atoms with E-state index in [1.165, 1.54) is 31.2 Å². The molecule has 0 aromatic heterocycles. The van der Waals surface area contributed by atoms with Gasteiger partial charge in [-0.25, -0.2) is 0 Å². The van der Waals surface area contributed by atoms with Gasteiger partial charge in [0.2, 0.25) is 0 Å². The Morgan fingerprint density at radius 2 is 2.05 bits per heavy atom. The molecule has 0 spiro atoms. The quantitative estimate of drug-likeness (QED) is 0.901. The summed E-state index contributed by atoms with van der Waals surface area (Å²) < 4.78 is 6.00. The summed E-state index contributed by atoms with van der Waals surface area (Å²) in [6.07, 6.45) is 5.73. The molecule has 2 aliphatic rings. The molecular weight excluding hydrogens is 260 g/mol. The molecule has 3 heteroatoms. The minimum absolute atomic E-state index is 0.428. The second-order valence-corrected chi connectivity index (χ2v) is 6.28. The van der Waals surface area contributed by atoms with Crippen molar-refractivity contribution in [2.75, 3.05) is 26.2 Å². The molecule has 0 amide bonds. The van der Waals surface area contributed by atoms with Crippen LogP contribution in [0.4, 0.5) is 0 Å². The molecule has 1 aromatic rings. The number of ether oxygens (including phenoxy) is 1. The van der Waals surface area contributed by atoms with Gasteiger partial charge in [-0.1, -0.05) is 50.1 Å². The molecule has 116 valence electrons. The van der Waals surface area contributed by atoms with Crippen LogP contribution in [0.5, 0.6) is 0 Å². The summed E-state index contributed by atoms with van der Waals surface area (Å²) in [6, 6.07) is 11.9. The highest BCUT2D eigenvalue weighted by Gasteiger charge is 2.35. The van der Waals surface area contributed by atoms with E-state index in [9.17, 15) is 0 Å². The first-order chi connectivity index (χ1) is 10.4. The molecule has 1 aromatic carbocycles. The average Bonchev–Trinajstić information content (AvgIpc) is 2.55. The van der Waals surface area contributed by atoms with E-state index in [0.29, 0.717) is 18.2 Å². The Hall–Kier alpha value is -0.900. The van der Waals surface area contributed by atoms with Crippen LogP contribution >= 0.6 is 0 Å². The predicted octanol–water partition coefficient (Wildman–Crippen LogP) is 2.98. The molecule has 3 atom stereocenters. The number of hydrogen-bond donors (Lipinski definition) is 1. The summed E-state index contributed by atoms with van der Waals surface area (Å²) in [6.45, 7) is 6.28. The Labute approximate surface area is 128 Å². The van der Waals surface area contributed by atoms with Gasteiger partial charge in [0.15, 0.2) is 0 Å². The zero-order chi connectivity index (χ0) is 14.5. The normalized spacial score (nSPS) is 28.0. The minimum Gasteiger partial charge on any atom is -0.375 e. The first-order valence-electron chi connectivity index (χ1n) is 8.52. The standard InChI is InChI=1S/C18H28N2O/c1-2-19-16(15-8-4-3-5-9-15)14-20-12-13-21-18-11-7-6-10-17(18)20/h3-5,8-9,16-19H,2,6-7,10-14H2,1H3. The lowest BCUT2D eigenvalue weighted by Crippen LogP contribution is -2.54. The Balaban J connectivity index is 1.69. The Morgan fingerprint density at radius 3 is 2.86 bits per heavy atom. The number of nitrogens with zero attached hydrogens (tertiary/aromatic N) is 1. The van der Waals surface area contributed by atoms with Crippen LogP contribution in [0.15, 0.2) is 30.3 Å². The van der Waals surface area contributed by atoms with Crippen molar-refractivity contribution in [3.05, 3.63) is 35.9 Å². The lowest BCUT2D eigenvalue weighted by Gasteiger charge is -2.45. The van der Waals surface area contributed by atoms with Crippen molar-refractivity contribution in [3.8, 4) is 0 Å². The number of likely N-dealkylation sites (N-methyl/N-ethyl adjacent to an activating group) is 1. The fraction of sp³-hybridized carbons (Fsp3) is 0.667. The fourth-order valence-electron chi connectivity index (χ4n) is 3.86. The molecule has 2 fully saturated rings. The number of fused-ring (bicyclic) bond motifs is 1. The van der Waals surface area contributed by atoms with Gasteiger partial charge in [0.05, 0.1) is 12.7 Å². The average molecular weight is 288 g/mol. The van der Waals surface area contributed by atoms with Crippen LogP contribution in [0.2, 0.25) is 0 Å². The second-order valence-electron chi connectivity index (χ2n) is 6.28. The van der Waals surface area contributed by atoms with Gasteiger partial charge < -0.3 is 10.1 Å². The maximum atomic E-state index is 6.00. The second kappa shape index (κ2) is 7.39. The molecule has 1 aliphatic carbocycles. The van der Waals surface area contributed by atoms with Crippen molar-refractivity contribution < 1.29 is 4.74 Å². The van der Waals surface area contributed by atoms with Crippen LogP contribution in [0.25, 0.3) is 0 Å². The highest BCUT2D eigenvalue weighted by molar-refractivity contribution is 5.19. The number of morpholine rings is 1. The number of nitrogens with one attached hydrogen (secondary N) is 1. The number of benzene rings is 1. The van der Waals surface area contributed by atoms with Gasteiger partial charge in [0.25, 0.3) is 0 Å². The monoisotopic (exact) mass is 288 g/mol. The van der Waals surface area contributed by atoms with E-state index in [1.54, 1.807) is 0 Å². The molecule has 21 heavy (non-hydrogen) atoms. The molecule has 3 rings (SSSR count). The van der Waals surface area contributed by atoms with E-state index in [-0.39, 0.29) is 0 Å². The lowest BCUT2D eigenvalue weighted by molar-refractivity contribution is -0.0902. The van der Waals surface area contributed by atoms with E-state index in [1.807, 2.05) is 0 Å². The maximum Gasteiger partial charge on any atom is 0.0730 e. The van der Waals surface area contributed by atoms with Crippen LogP contribution in [-0.2, 0) is 4.74 Å². The van der Waals surface area contributed by atoms with Crippen LogP contribution in [0.3, 0.4) is 0 Å². The third kappa shape index (κ3) is 3.65. The van der Waals surface area contributed by atoms with Gasteiger partial charge in [-0.15, -0.1) is 0 Å². The fourth-order valence-corrected chi connectivity index (χ4v) is 3.86. The molecule has 1 N–H and O–H groups in total. The highest BCUT2D eigenvalue weighted by Crippen LogP contribution is 2.29. The third-order valence-corrected chi connectivity index (χ3v) is 4.92. The molecule has 3 nitrogen and oxygen atoms in total. The van der Waals surface area contributed by atoms with E-state index < -0.39 is 0 Å². The summed E-state index contributed by atoms with van der Waals surface area (Å²) in [4.78, 5) is 2.67. The summed E-state index contributed by atoms with van der Waals surface area (Å²) in [5.41, 5.74) is 1.40. The van der Waals surface area contributed by atoms with E-state index in [2.05, 4.69) is 47.5 Å². The largest absolute Gasteiger partial charge is 0.375 e. The minimum atomic E-state index is 0.428. The number of rotatable bonds is 5. The molecule has 1 heterocycles. The first-order valence-corrected chi connectivity index (χ1v) is 8.52. The molecule has 1 saturated heterocycles. The van der Waals surface area contributed by atoms with Gasteiger partial charge in [0, 0.05) is 25.2 Å². The molecular formula is C18H28N2O. The molecule has 1 aliphatic heterocycles. The highest BCUT2D eigenvalue weighted by atomic mass is 16.5. The summed E-state index contributed by atoms with van der Waals surface area (Å²) in [5.74, 6) is 0. The summed E-state index contributed by atoms with van der Waals surface area (Å²) in [7, 11) is 0. The first kappa shape index (κ1) is 15.0. The van der Waals surface area contributed by atoms with Crippen molar-refractivity contribution in [1.82, 2.24) is 10.2 Å². The zero-order valence-electron chi connectivity index (χ0n) is 13.1. The van der Waals surface area contributed by atoms with Gasteiger partial charge in [-0.2, -0.15) is 0 Å². The smallest absolute Gasteiger partial charge is 0.0730 e.